The Morgan fingerprint density at radius 3 is 2.80 bits per heavy atom. The van der Waals surface area contributed by atoms with Crippen molar-refractivity contribution >= 4 is 17.3 Å². The van der Waals surface area contributed by atoms with E-state index < -0.39 is 0 Å². The number of hydrogen-bond acceptors (Lipinski definition) is 3. The zero-order valence-electron chi connectivity index (χ0n) is 10.8. The number of nitrogens with zero attached hydrogens (tertiary/aromatic N) is 2. The number of nitrogens with two attached hydrogens (primary N) is 1. The van der Waals surface area contributed by atoms with Crippen LogP contribution in [0.3, 0.4) is 0 Å². The minimum absolute atomic E-state index is 0.0619. The van der Waals surface area contributed by atoms with Crippen LogP contribution in [-0.4, -0.2) is 12.5 Å². The minimum atomic E-state index is -0.0619. The first-order valence-electron chi connectivity index (χ1n) is 6.40. The quantitative estimate of drug-likeness (QED) is 0.803. The summed E-state index contributed by atoms with van der Waals surface area (Å²) in [4.78, 5) is 14.2. The van der Waals surface area contributed by atoms with Crippen LogP contribution in [0.4, 0.5) is 11.4 Å². The predicted octanol–water partition coefficient (Wildman–Crippen LogP) is 2.34. The summed E-state index contributed by atoms with van der Waals surface area (Å²) in [5, 5.41) is 9.21. The number of rotatable bonds is 1. The molecule has 4 nitrogen and oxygen atoms in total. The summed E-state index contributed by atoms with van der Waals surface area (Å²) in [5.74, 6) is -0.0619. The molecule has 1 heterocycles. The van der Waals surface area contributed by atoms with Crippen molar-refractivity contribution in [2.24, 2.45) is 0 Å². The third-order valence-corrected chi connectivity index (χ3v) is 3.53. The number of anilines is 2. The molecule has 1 aliphatic heterocycles. The number of fused-ring (bicyclic) bond motifs is 1. The van der Waals surface area contributed by atoms with E-state index in [0.717, 1.165) is 12.0 Å². The molecule has 0 bridgehead atoms. The molecule has 0 fully saturated rings. The standard InChI is InChI=1S/C16H13N3O/c17-10-12-9-13(18)5-6-15(12)19-8-7-11-3-1-2-4-14(11)16(19)20/h1-6,9H,7-8,18H2. The highest BCUT2D eigenvalue weighted by Gasteiger charge is 2.26. The Labute approximate surface area is 117 Å². The van der Waals surface area contributed by atoms with E-state index in [1.165, 1.54) is 0 Å². The minimum Gasteiger partial charge on any atom is -0.399 e. The third kappa shape index (κ3) is 1.90. The van der Waals surface area contributed by atoms with Gasteiger partial charge in [0.1, 0.15) is 6.07 Å². The van der Waals surface area contributed by atoms with Crippen molar-refractivity contribution in [3.8, 4) is 6.07 Å². The maximum atomic E-state index is 12.6. The van der Waals surface area contributed by atoms with E-state index in [1.54, 1.807) is 23.1 Å². The van der Waals surface area contributed by atoms with Gasteiger partial charge in [0.05, 0.1) is 11.3 Å². The molecular formula is C16H13N3O. The summed E-state index contributed by atoms with van der Waals surface area (Å²) in [7, 11) is 0. The lowest BCUT2D eigenvalue weighted by atomic mass is 9.98. The van der Waals surface area contributed by atoms with Gasteiger partial charge in [-0.15, -0.1) is 0 Å². The van der Waals surface area contributed by atoms with E-state index in [-0.39, 0.29) is 5.91 Å². The Morgan fingerprint density at radius 2 is 2.00 bits per heavy atom. The number of amides is 1. The Balaban J connectivity index is 2.06. The van der Waals surface area contributed by atoms with Crippen LogP contribution in [0.5, 0.6) is 0 Å². The largest absolute Gasteiger partial charge is 0.399 e. The molecule has 0 saturated carbocycles. The average molecular weight is 263 g/mol. The van der Waals surface area contributed by atoms with E-state index in [2.05, 4.69) is 6.07 Å². The van der Waals surface area contributed by atoms with Crippen LogP contribution in [0, 0.1) is 11.3 Å². The number of carbonyl (C=O) groups is 1. The van der Waals surface area contributed by atoms with Crippen molar-refractivity contribution in [1.29, 1.82) is 5.26 Å². The summed E-state index contributed by atoms with van der Waals surface area (Å²) in [5.41, 5.74) is 9.03. The van der Waals surface area contributed by atoms with Gasteiger partial charge in [-0.25, -0.2) is 0 Å². The number of hydrogen-bond donors (Lipinski definition) is 1. The van der Waals surface area contributed by atoms with E-state index >= 15 is 0 Å². The van der Waals surface area contributed by atoms with Crippen LogP contribution >= 0.6 is 0 Å². The molecule has 0 aromatic heterocycles. The molecule has 20 heavy (non-hydrogen) atoms. The van der Waals surface area contributed by atoms with Gasteiger partial charge in [0, 0.05) is 17.8 Å². The van der Waals surface area contributed by atoms with Crippen LogP contribution in [0.1, 0.15) is 21.5 Å². The lowest BCUT2D eigenvalue weighted by Gasteiger charge is -2.29. The van der Waals surface area contributed by atoms with Gasteiger partial charge in [0.25, 0.3) is 5.91 Å². The van der Waals surface area contributed by atoms with Gasteiger partial charge < -0.3 is 10.6 Å². The van der Waals surface area contributed by atoms with Gasteiger partial charge in [-0.1, -0.05) is 18.2 Å². The summed E-state index contributed by atoms with van der Waals surface area (Å²) in [6, 6.07) is 14.7. The zero-order chi connectivity index (χ0) is 14.1. The second-order valence-electron chi connectivity index (χ2n) is 4.75. The van der Waals surface area contributed by atoms with E-state index in [1.807, 2.05) is 24.3 Å². The van der Waals surface area contributed by atoms with Gasteiger partial charge in [-0.2, -0.15) is 5.26 Å². The van der Waals surface area contributed by atoms with Crippen LogP contribution in [-0.2, 0) is 6.42 Å². The number of nitrogen functional groups attached to an aromatic ring is 1. The van der Waals surface area contributed by atoms with Crippen LogP contribution in [0.15, 0.2) is 42.5 Å². The van der Waals surface area contributed by atoms with Crippen LogP contribution in [0.25, 0.3) is 0 Å². The first-order valence-corrected chi connectivity index (χ1v) is 6.40. The summed E-state index contributed by atoms with van der Waals surface area (Å²) in [6.07, 6.45) is 0.789. The van der Waals surface area contributed by atoms with Crippen molar-refractivity contribution in [1.82, 2.24) is 0 Å². The molecular weight excluding hydrogens is 250 g/mol. The van der Waals surface area contributed by atoms with E-state index in [9.17, 15) is 10.1 Å². The SMILES string of the molecule is N#Cc1cc(N)ccc1N1CCc2ccccc2C1=O. The Morgan fingerprint density at radius 1 is 1.20 bits per heavy atom. The molecule has 0 atom stereocenters. The normalized spacial score (nSPS) is 13.8. The molecule has 4 heteroatoms. The van der Waals surface area contributed by atoms with E-state index in [0.29, 0.717) is 29.0 Å². The zero-order valence-corrected chi connectivity index (χ0v) is 10.8. The summed E-state index contributed by atoms with van der Waals surface area (Å²) >= 11 is 0. The van der Waals surface area contributed by atoms with E-state index in [4.69, 9.17) is 5.73 Å². The van der Waals surface area contributed by atoms with Crippen molar-refractivity contribution < 1.29 is 4.79 Å². The first kappa shape index (κ1) is 12.2. The van der Waals surface area contributed by atoms with Gasteiger partial charge in [-0.05, 0) is 36.2 Å². The molecule has 0 radical (unpaired) electrons. The number of benzene rings is 2. The monoisotopic (exact) mass is 263 g/mol. The molecule has 2 N–H and O–H groups in total. The highest BCUT2D eigenvalue weighted by atomic mass is 16.2. The highest BCUT2D eigenvalue weighted by Crippen LogP contribution is 2.28. The molecule has 1 aliphatic rings. The average Bonchev–Trinajstić information content (AvgIpc) is 2.48. The molecule has 0 aliphatic carbocycles. The Kier molecular flexibility index (Phi) is 2.88. The molecule has 0 unspecified atom stereocenters. The second kappa shape index (κ2) is 4.71. The lowest BCUT2D eigenvalue weighted by molar-refractivity contribution is 0.0980. The van der Waals surface area contributed by atoms with Gasteiger partial charge in [-0.3, -0.25) is 4.79 Å². The molecule has 2 aromatic carbocycles. The lowest BCUT2D eigenvalue weighted by Crippen LogP contribution is -2.38. The first-order chi connectivity index (χ1) is 9.70. The van der Waals surface area contributed by atoms with Crippen molar-refractivity contribution in [3.05, 3.63) is 59.2 Å². The van der Waals surface area contributed by atoms with Gasteiger partial charge in [0.2, 0.25) is 0 Å². The van der Waals surface area contributed by atoms with Gasteiger partial charge in [0.15, 0.2) is 0 Å². The smallest absolute Gasteiger partial charge is 0.258 e. The predicted molar refractivity (Wildman–Crippen MR) is 77.4 cm³/mol. The second-order valence-corrected chi connectivity index (χ2v) is 4.75. The van der Waals surface area contributed by atoms with Crippen LogP contribution < -0.4 is 10.6 Å². The summed E-state index contributed by atoms with van der Waals surface area (Å²) < 4.78 is 0. The third-order valence-electron chi connectivity index (χ3n) is 3.53. The number of nitriles is 1. The van der Waals surface area contributed by atoms with Crippen molar-refractivity contribution in [2.45, 2.75) is 6.42 Å². The fraction of sp³-hybridized carbons (Fsp3) is 0.125. The maximum Gasteiger partial charge on any atom is 0.258 e. The molecule has 0 spiro atoms. The van der Waals surface area contributed by atoms with Crippen molar-refractivity contribution in [2.75, 3.05) is 17.2 Å². The van der Waals surface area contributed by atoms with Crippen molar-refractivity contribution in [3.63, 3.8) is 0 Å². The highest BCUT2D eigenvalue weighted by molar-refractivity contribution is 6.08. The summed E-state index contributed by atoms with van der Waals surface area (Å²) in [6.45, 7) is 0.578. The fourth-order valence-corrected chi connectivity index (χ4v) is 2.53. The molecule has 3 rings (SSSR count). The van der Waals surface area contributed by atoms with Gasteiger partial charge >= 0.3 is 0 Å². The molecule has 98 valence electrons. The fourth-order valence-electron chi connectivity index (χ4n) is 2.53. The van der Waals surface area contributed by atoms with Crippen LogP contribution in [0.2, 0.25) is 0 Å². The molecule has 2 aromatic rings. The Hall–Kier alpha value is -2.80. The maximum absolute atomic E-state index is 12.6. The molecule has 1 amide bonds. The number of carbonyl (C=O) groups excluding carboxylic acids is 1. The topological polar surface area (TPSA) is 70.1 Å². The Bertz CT molecular complexity index is 731. The molecule has 0 saturated heterocycles.